The van der Waals surface area contributed by atoms with Crippen LogP contribution in [0.1, 0.15) is 31.9 Å². The van der Waals surface area contributed by atoms with E-state index in [9.17, 15) is 4.79 Å². The predicted octanol–water partition coefficient (Wildman–Crippen LogP) is 1.63. The van der Waals surface area contributed by atoms with E-state index in [1.54, 1.807) is 0 Å². The summed E-state index contributed by atoms with van der Waals surface area (Å²) >= 11 is 0. The smallest absolute Gasteiger partial charge is 0.227 e. The van der Waals surface area contributed by atoms with Crippen molar-refractivity contribution >= 4 is 5.91 Å². The zero-order valence-electron chi connectivity index (χ0n) is 13.4. The summed E-state index contributed by atoms with van der Waals surface area (Å²) in [5.41, 5.74) is 7.94. The Morgan fingerprint density at radius 2 is 1.57 bits per heavy atom. The molecule has 0 radical (unpaired) electrons. The van der Waals surface area contributed by atoms with Crippen LogP contribution in [0, 0.1) is 0 Å². The Balaban J connectivity index is 1.87. The first-order valence-electron chi connectivity index (χ1n) is 7.71. The van der Waals surface area contributed by atoms with Gasteiger partial charge in [0.2, 0.25) is 5.91 Å². The molecule has 1 aliphatic rings. The molecule has 4 heteroatoms. The number of hydrogen-bond donors (Lipinski definition) is 1. The highest BCUT2D eigenvalue weighted by molar-refractivity contribution is 5.78. The van der Waals surface area contributed by atoms with Crippen LogP contribution in [0.3, 0.4) is 0 Å². The summed E-state index contributed by atoms with van der Waals surface area (Å²) < 4.78 is 0. The van der Waals surface area contributed by atoms with E-state index in [0.717, 1.165) is 37.3 Å². The summed E-state index contributed by atoms with van der Waals surface area (Å²) in [5.74, 6) is 0.226. The van der Waals surface area contributed by atoms with Gasteiger partial charge in [0.1, 0.15) is 0 Å². The molecule has 4 nitrogen and oxygen atoms in total. The third kappa shape index (κ3) is 4.29. The molecule has 116 valence electrons. The van der Waals surface area contributed by atoms with E-state index in [2.05, 4.69) is 25.7 Å². The quantitative estimate of drug-likeness (QED) is 0.920. The predicted molar refractivity (Wildman–Crippen MR) is 85.9 cm³/mol. The van der Waals surface area contributed by atoms with Crippen LogP contribution < -0.4 is 5.73 Å². The van der Waals surface area contributed by atoms with Crippen molar-refractivity contribution in [3.63, 3.8) is 0 Å². The molecule has 0 aromatic heterocycles. The van der Waals surface area contributed by atoms with E-state index in [0.29, 0.717) is 13.0 Å². The summed E-state index contributed by atoms with van der Waals surface area (Å²) in [4.78, 5) is 16.8. The van der Waals surface area contributed by atoms with Crippen LogP contribution in [-0.4, -0.2) is 47.4 Å². The topological polar surface area (TPSA) is 49.6 Å². The van der Waals surface area contributed by atoms with Gasteiger partial charge in [-0.1, -0.05) is 24.3 Å². The second-order valence-electron chi connectivity index (χ2n) is 6.74. The molecule has 1 aromatic carbocycles. The lowest BCUT2D eigenvalue weighted by Crippen LogP contribution is -2.54. The lowest BCUT2D eigenvalue weighted by molar-refractivity contribution is -0.133. The van der Waals surface area contributed by atoms with Crippen LogP contribution >= 0.6 is 0 Å². The van der Waals surface area contributed by atoms with Gasteiger partial charge in [-0.3, -0.25) is 9.69 Å². The van der Waals surface area contributed by atoms with Crippen molar-refractivity contribution in [3.05, 3.63) is 35.4 Å². The monoisotopic (exact) mass is 289 g/mol. The van der Waals surface area contributed by atoms with Crippen molar-refractivity contribution < 1.29 is 4.79 Å². The SMILES string of the molecule is CC(C)(C)N1CCN(C(=O)Cc2ccc(CN)cc2)CC1. The Bertz CT molecular complexity index is 468. The first-order valence-corrected chi connectivity index (χ1v) is 7.71. The Morgan fingerprint density at radius 1 is 1.05 bits per heavy atom. The first-order chi connectivity index (χ1) is 9.90. The summed E-state index contributed by atoms with van der Waals surface area (Å²) in [7, 11) is 0. The number of carbonyl (C=O) groups excluding carboxylic acids is 1. The van der Waals surface area contributed by atoms with Gasteiger partial charge in [-0.15, -0.1) is 0 Å². The van der Waals surface area contributed by atoms with Crippen LogP contribution in [-0.2, 0) is 17.8 Å². The molecule has 0 unspecified atom stereocenters. The number of hydrogen-bond acceptors (Lipinski definition) is 3. The number of nitrogens with two attached hydrogens (primary N) is 1. The third-order valence-electron chi connectivity index (χ3n) is 4.20. The Hall–Kier alpha value is -1.39. The summed E-state index contributed by atoms with van der Waals surface area (Å²) in [6.45, 7) is 10.8. The molecule has 0 aliphatic carbocycles. The van der Waals surface area contributed by atoms with Crippen LogP contribution in [0.4, 0.5) is 0 Å². The average Bonchev–Trinajstić information content (AvgIpc) is 2.47. The van der Waals surface area contributed by atoms with E-state index >= 15 is 0 Å². The van der Waals surface area contributed by atoms with Gasteiger partial charge in [-0.05, 0) is 31.9 Å². The molecule has 1 aromatic rings. The number of benzene rings is 1. The zero-order chi connectivity index (χ0) is 15.5. The summed E-state index contributed by atoms with van der Waals surface area (Å²) in [6.07, 6.45) is 0.486. The van der Waals surface area contributed by atoms with Crippen LogP contribution in [0.2, 0.25) is 0 Å². The highest BCUT2D eigenvalue weighted by Crippen LogP contribution is 2.16. The maximum Gasteiger partial charge on any atom is 0.227 e. The molecule has 2 rings (SSSR count). The Labute approximate surface area is 127 Å². The van der Waals surface area contributed by atoms with E-state index in [1.807, 2.05) is 29.2 Å². The van der Waals surface area contributed by atoms with E-state index in [-0.39, 0.29) is 11.4 Å². The van der Waals surface area contributed by atoms with E-state index < -0.39 is 0 Å². The second kappa shape index (κ2) is 6.58. The van der Waals surface area contributed by atoms with Crippen LogP contribution in [0.25, 0.3) is 0 Å². The molecular weight excluding hydrogens is 262 g/mol. The van der Waals surface area contributed by atoms with Gasteiger partial charge < -0.3 is 10.6 Å². The zero-order valence-corrected chi connectivity index (χ0v) is 13.4. The van der Waals surface area contributed by atoms with Crippen LogP contribution in [0.5, 0.6) is 0 Å². The minimum absolute atomic E-state index is 0.188. The van der Waals surface area contributed by atoms with Gasteiger partial charge in [0.05, 0.1) is 6.42 Å². The largest absolute Gasteiger partial charge is 0.340 e. The number of amides is 1. The lowest BCUT2D eigenvalue weighted by atomic mass is 10.0. The molecule has 1 aliphatic heterocycles. The van der Waals surface area contributed by atoms with Crippen molar-refractivity contribution in [3.8, 4) is 0 Å². The first kappa shape index (κ1) is 16.0. The number of rotatable bonds is 3. The van der Waals surface area contributed by atoms with Crippen molar-refractivity contribution in [2.24, 2.45) is 5.73 Å². The standard InChI is InChI=1S/C17H27N3O/c1-17(2,3)20-10-8-19(9-11-20)16(21)12-14-4-6-15(13-18)7-5-14/h4-7H,8-13,18H2,1-3H3. The average molecular weight is 289 g/mol. The molecule has 0 spiro atoms. The normalized spacial score (nSPS) is 17.0. The second-order valence-corrected chi connectivity index (χ2v) is 6.74. The number of nitrogens with zero attached hydrogens (tertiary/aromatic N) is 2. The molecule has 1 amide bonds. The van der Waals surface area contributed by atoms with Gasteiger partial charge in [0.25, 0.3) is 0 Å². The van der Waals surface area contributed by atoms with Crippen molar-refractivity contribution in [1.82, 2.24) is 9.80 Å². The highest BCUT2D eigenvalue weighted by Gasteiger charge is 2.27. The fourth-order valence-electron chi connectivity index (χ4n) is 2.71. The molecular formula is C17H27N3O. The van der Waals surface area contributed by atoms with Gasteiger partial charge in [0, 0.05) is 38.3 Å². The number of piperazine rings is 1. The maximum absolute atomic E-state index is 12.4. The molecule has 1 fully saturated rings. The molecule has 0 saturated carbocycles. The summed E-state index contributed by atoms with van der Waals surface area (Å²) in [6, 6.07) is 8.01. The minimum atomic E-state index is 0.188. The number of carbonyl (C=O) groups is 1. The van der Waals surface area contributed by atoms with E-state index in [4.69, 9.17) is 5.73 Å². The van der Waals surface area contributed by atoms with Gasteiger partial charge in [-0.25, -0.2) is 0 Å². The molecule has 0 bridgehead atoms. The van der Waals surface area contributed by atoms with Crippen LogP contribution in [0.15, 0.2) is 24.3 Å². The molecule has 1 heterocycles. The van der Waals surface area contributed by atoms with Crippen molar-refractivity contribution in [2.75, 3.05) is 26.2 Å². The van der Waals surface area contributed by atoms with Crippen molar-refractivity contribution in [1.29, 1.82) is 0 Å². The van der Waals surface area contributed by atoms with Gasteiger partial charge in [0.15, 0.2) is 0 Å². The van der Waals surface area contributed by atoms with Crippen molar-refractivity contribution in [2.45, 2.75) is 39.3 Å². The molecule has 21 heavy (non-hydrogen) atoms. The minimum Gasteiger partial charge on any atom is -0.340 e. The molecule has 0 atom stereocenters. The maximum atomic E-state index is 12.4. The fourth-order valence-corrected chi connectivity index (χ4v) is 2.71. The molecule has 2 N–H and O–H groups in total. The van der Waals surface area contributed by atoms with E-state index in [1.165, 1.54) is 0 Å². The highest BCUT2D eigenvalue weighted by atomic mass is 16.2. The lowest BCUT2D eigenvalue weighted by Gasteiger charge is -2.42. The summed E-state index contributed by atoms with van der Waals surface area (Å²) in [5, 5.41) is 0. The van der Waals surface area contributed by atoms with Gasteiger partial charge in [-0.2, -0.15) is 0 Å². The van der Waals surface area contributed by atoms with Gasteiger partial charge >= 0.3 is 0 Å². The fraction of sp³-hybridized carbons (Fsp3) is 0.588. The Kier molecular flexibility index (Phi) is 5.01. The third-order valence-corrected chi connectivity index (χ3v) is 4.20. The molecule has 1 saturated heterocycles. The Morgan fingerprint density at radius 3 is 2.05 bits per heavy atom.